The van der Waals surface area contributed by atoms with Crippen LogP contribution >= 0.6 is 23.4 Å². The van der Waals surface area contributed by atoms with Gasteiger partial charge in [0.2, 0.25) is 5.91 Å². The van der Waals surface area contributed by atoms with Gasteiger partial charge in [0.05, 0.1) is 11.8 Å². The Labute approximate surface area is 68.9 Å². The standard InChI is InChI=1S/C6H8ClNOS/c7-2-4-3-8-5(9)1-6(8)10-4/h4,6H,1-3H2/t4-,6-/m1/s1. The van der Waals surface area contributed by atoms with E-state index in [1.807, 2.05) is 16.7 Å². The second-order valence-corrected chi connectivity index (χ2v) is 4.41. The van der Waals surface area contributed by atoms with Crippen LogP contribution in [-0.4, -0.2) is 33.9 Å². The van der Waals surface area contributed by atoms with Crippen molar-refractivity contribution in [3.8, 4) is 0 Å². The number of halogens is 1. The van der Waals surface area contributed by atoms with Crippen LogP contribution in [0.1, 0.15) is 6.42 Å². The molecule has 2 fully saturated rings. The summed E-state index contributed by atoms with van der Waals surface area (Å²) in [6.45, 7) is 0.873. The summed E-state index contributed by atoms with van der Waals surface area (Å²) in [4.78, 5) is 12.8. The molecule has 0 aromatic heterocycles. The smallest absolute Gasteiger partial charge is 0.226 e. The highest BCUT2D eigenvalue weighted by Gasteiger charge is 2.44. The molecule has 2 nitrogen and oxygen atoms in total. The Morgan fingerprint density at radius 3 is 3.10 bits per heavy atom. The summed E-state index contributed by atoms with van der Waals surface area (Å²) in [6.07, 6.45) is 0.734. The van der Waals surface area contributed by atoms with Crippen molar-refractivity contribution in [2.75, 3.05) is 12.4 Å². The first-order valence-electron chi connectivity index (χ1n) is 3.32. The molecular formula is C6H8ClNOS. The van der Waals surface area contributed by atoms with Crippen LogP contribution in [0.2, 0.25) is 0 Å². The van der Waals surface area contributed by atoms with Crippen LogP contribution in [0.15, 0.2) is 0 Å². The Kier molecular flexibility index (Phi) is 1.57. The van der Waals surface area contributed by atoms with Crippen molar-refractivity contribution in [3.63, 3.8) is 0 Å². The van der Waals surface area contributed by atoms with E-state index in [9.17, 15) is 4.79 Å². The summed E-state index contributed by atoms with van der Waals surface area (Å²) < 4.78 is 0. The second kappa shape index (κ2) is 2.31. The van der Waals surface area contributed by atoms with Crippen LogP contribution in [0.5, 0.6) is 0 Å². The van der Waals surface area contributed by atoms with Crippen molar-refractivity contribution < 1.29 is 4.79 Å². The molecular weight excluding hydrogens is 170 g/mol. The Balaban J connectivity index is 1.99. The van der Waals surface area contributed by atoms with Gasteiger partial charge in [0.25, 0.3) is 0 Å². The van der Waals surface area contributed by atoms with Crippen LogP contribution in [0, 0.1) is 0 Å². The predicted octanol–water partition coefficient (Wildman–Crippen LogP) is 0.899. The van der Waals surface area contributed by atoms with Gasteiger partial charge in [0.1, 0.15) is 0 Å². The lowest BCUT2D eigenvalue weighted by molar-refractivity contribution is -0.140. The Hall–Kier alpha value is 0.110. The molecule has 2 rings (SSSR count). The summed E-state index contributed by atoms with van der Waals surface area (Å²) >= 11 is 7.49. The molecule has 0 aromatic rings. The predicted molar refractivity (Wildman–Crippen MR) is 42.2 cm³/mol. The lowest BCUT2D eigenvalue weighted by atomic mass is 10.2. The fourth-order valence-corrected chi connectivity index (χ4v) is 3.00. The van der Waals surface area contributed by atoms with Gasteiger partial charge < -0.3 is 4.90 Å². The number of thioether (sulfide) groups is 1. The van der Waals surface area contributed by atoms with Gasteiger partial charge in [0, 0.05) is 17.7 Å². The number of β-lactam (4-membered cyclic amide) rings is 1. The van der Waals surface area contributed by atoms with E-state index in [-0.39, 0.29) is 0 Å². The number of fused-ring (bicyclic) bond motifs is 1. The molecule has 56 valence electrons. The number of rotatable bonds is 1. The molecule has 2 atom stereocenters. The van der Waals surface area contributed by atoms with Gasteiger partial charge in [-0.25, -0.2) is 0 Å². The molecule has 0 spiro atoms. The van der Waals surface area contributed by atoms with Gasteiger partial charge in [0.15, 0.2) is 0 Å². The third-order valence-electron chi connectivity index (χ3n) is 1.94. The molecule has 0 bridgehead atoms. The topological polar surface area (TPSA) is 20.3 Å². The molecule has 0 unspecified atom stereocenters. The molecule has 10 heavy (non-hydrogen) atoms. The van der Waals surface area contributed by atoms with Gasteiger partial charge in [-0.05, 0) is 0 Å². The maximum atomic E-state index is 10.8. The van der Waals surface area contributed by atoms with E-state index in [4.69, 9.17) is 11.6 Å². The van der Waals surface area contributed by atoms with Crippen molar-refractivity contribution >= 4 is 29.3 Å². The molecule has 4 heteroatoms. The van der Waals surface area contributed by atoms with Crippen LogP contribution in [0.4, 0.5) is 0 Å². The highest BCUT2D eigenvalue weighted by atomic mass is 35.5. The largest absolute Gasteiger partial charge is 0.329 e. The van der Waals surface area contributed by atoms with Gasteiger partial charge >= 0.3 is 0 Å². The minimum absolute atomic E-state index is 0.296. The summed E-state index contributed by atoms with van der Waals surface area (Å²) in [6, 6.07) is 0. The number of alkyl halides is 1. The molecule has 0 N–H and O–H groups in total. The first-order valence-corrected chi connectivity index (χ1v) is 4.80. The molecule has 0 radical (unpaired) electrons. The van der Waals surface area contributed by atoms with Crippen LogP contribution in [-0.2, 0) is 4.79 Å². The van der Waals surface area contributed by atoms with Gasteiger partial charge in [-0.1, -0.05) is 0 Å². The van der Waals surface area contributed by atoms with E-state index < -0.39 is 0 Å². The second-order valence-electron chi connectivity index (χ2n) is 2.62. The van der Waals surface area contributed by atoms with Crippen molar-refractivity contribution in [3.05, 3.63) is 0 Å². The number of carbonyl (C=O) groups is 1. The van der Waals surface area contributed by atoms with Crippen molar-refractivity contribution in [1.29, 1.82) is 0 Å². The number of hydrogen-bond donors (Lipinski definition) is 0. The fourth-order valence-electron chi connectivity index (χ4n) is 1.34. The fraction of sp³-hybridized carbons (Fsp3) is 0.833. The molecule has 1 amide bonds. The zero-order chi connectivity index (χ0) is 7.14. The van der Waals surface area contributed by atoms with Crippen molar-refractivity contribution in [1.82, 2.24) is 4.90 Å². The third-order valence-corrected chi connectivity index (χ3v) is 3.93. The molecule has 2 aliphatic rings. The van der Waals surface area contributed by atoms with E-state index >= 15 is 0 Å². The van der Waals surface area contributed by atoms with E-state index in [1.165, 1.54) is 0 Å². The highest BCUT2D eigenvalue weighted by molar-refractivity contribution is 8.01. The van der Waals surface area contributed by atoms with Gasteiger partial charge in [-0.3, -0.25) is 4.79 Å². The van der Waals surface area contributed by atoms with Crippen molar-refractivity contribution in [2.45, 2.75) is 17.0 Å². The Bertz CT molecular complexity index is 175. The maximum absolute atomic E-state index is 10.8. The highest BCUT2D eigenvalue weighted by Crippen LogP contribution is 2.39. The van der Waals surface area contributed by atoms with E-state index in [0.29, 0.717) is 22.4 Å². The monoisotopic (exact) mass is 177 g/mol. The summed E-state index contributed by atoms with van der Waals surface area (Å²) in [7, 11) is 0. The van der Waals surface area contributed by atoms with Gasteiger partial charge in [-0.2, -0.15) is 0 Å². The van der Waals surface area contributed by atoms with Crippen LogP contribution in [0.3, 0.4) is 0 Å². The average Bonchev–Trinajstić information content (AvgIpc) is 2.26. The molecule has 2 aliphatic heterocycles. The number of amides is 1. The zero-order valence-electron chi connectivity index (χ0n) is 5.42. The van der Waals surface area contributed by atoms with E-state index in [0.717, 1.165) is 13.0 Å². The summed E-state index contributed by atoms with van der Waals surface area (Å²) in [5.41, 5.74) is 0. The minimum atomic E-state index is 0.296. The molecule has 0 aliphatic carbocycles. The molecule has 2 saturated heterocycles. The van der Waals surface area contributed by atoms with Gasteiger partial charge in [-0.15, -0.1) is 23.4 Å². The normalized spacial score (nSPS) is 37.7. The van der Waals surface area contributed by atoms with Crippen LogP contribution in [0.25, 0.3) is 0 Å². The first kappa shape index (κ1) is 6.80. The lowest BCUT2D eigenvalue weighted by Crippen LogP contribution is -2.47. The Morgan fingerprint density at radius 1 is 1.80 bits per heavy atom. The molecule has 0 saturated carbocycles. The molecule has 2 heterocycles. The number of nitrogens with zero attached hydrogens (tertiary/aromatic N) is 1. The molecule has 0 aromatic carbocycles. The van der Waals surface area contributed by atoms with Crippen molar-refractivity contribution in [2.24, 2.45) is 0 Å². The SMILES string of the molecule is O=C1C[C@H]2S[C@H](CCl)CN12. The third kappa shape index (κ3) is 0.839. The summed E-state index contributed by atoms with van der Waals surface area (Å²) in [5.74, 6) is 0.968. The summed E-state index contributed by atoms with van der Waals surface area (Å²) in [5, 5.41) is 0.953. The Morgan fingerprint density at radius 2 is 2.60 bits per heavy atom. The number of hydrogen-bond acceptors (Lipinski definition) is 2. The maximum Gasteiger partial charge on any atom is 0.226 e. The lowest BCUT2D eigenvalue weighted by Gasteiger charge is -2.32. The minimum Gasteiger partial charge on any atom is -0.329 e. The zero-order valence-corrected chi connectivity index (χ0v) is 6.99. The van der Waals surface area contributed by atoms with E-state index in [2.05, 4.69) is 0 Å². The number of carbonyl (C=O) groups excluding carboxylic acids is 1. The quantitative estimate of drug-likeness (QED) is 0.438. The van der Waals surface area contributed by atoms with E-state index in [1.54, 1.807) is 0 Å². The first-order chi connectivity index (χ1) is 4.81. The average molecular weight is 178 g/mol. The van der Waals surface area contributed by atoms with Crippen LogP contribution < -0.4 is 0 Å².